The third kappa shape index (κ3) is 1.66. The first-order valence-corrected chi connectivity index (χ1v) is 2.80. The molecule has 2 N–H and O–H groups in total. The lowest BCUT2D eigenvalue weighted by atomic mass is 10.2. The first kappa shape index (κ1) is 4.11. The van der Waals surface area contributed by atoms with E-state index in [0.29, 0.717) is 0 Å². The summed E-state index contributed by atoms with van der Waals surface area (Å²) in [5, 5.41) is 0. The Morgan fingerprint density at radius 3 is 2.75 bits per heavy atom. The monoisotopic (exact) mass is 181 g/mol. The molecule has 0 spiro atoms. The zero-order chi connectivity index (χ0) is 13.6. The maximum atomic E-state index is 12.6. The SMILES string of the molecule is [2H]c1c(N)nc(C(F)(F)F)c(C([2H])([2H])[2H])c1[2H]. The highest BCUT2D eigenvalue weighted by molar-refractivity contribution is 5.34. The molecule has 1 aromatic heterocycles. The van der Waals surface area contributed by atoms with Gasteiger partial charge < -0.3 is 5.73 Å². The smallest absolute Gasteiger partial charge is 0.384 e. The van der Waals surface area contributed by atoms with Crippen LogP contribution in [-0.4, -0.2) is 4.98 Å². The van der Waals surface area contributed by atoms with Crippen molar-refractivity contribution in [1.82, 2.24) is 4.98 Å². The number of rotatable bonds is 0. The fourth-order valence-corrected chi connectivity index (χ4v) is 0.595. The number of alkyl halides is 3. The molecular weight excluding hydrogens is 169 g/mol. The van der Waals surface area contributed by atoms with Crippen molar-refractivity contribution >= 4 is 5.82 Å². The second kappa shape index (κ2) is 2.66. The predicted octanol–water partition coefficient (Wildman–Crippen LogP) is 1.99. The normalized spacial score (nSPS) is 18.8. The van der Waals surface area contributed by atoms with Crippen LogP contribution in [0, 0.1) is 6.85 Å². The maximum absolute atomic E-state index is 12.6. The minimum atomic E-state index is -5.04. The van der Waals surface area contributed by atoms with Gasteiger partial charge in [-0.2, -0.15) is 13.2 Å². The molecule has 1 aromatic rings. The van der Waals surface area contributed by atoms with Crippen LogP contribution in [0.5, 0.6) is 0 Å². The molecule has 0 aliphatic carbocycles. The van der Waals surface area contributed by atoms with Crippen LogP contribution in [0.2, 0.25) is 0 Å². The summed E-state index contributed by atoms with van der Waals surface area (Å²) in [5.41, 5.74) is 1.99. The van der Waals surface area contributed by atoms with Crippen molar-refractivity contribution in [3.8, 4) is 0 Å². The van der Waals surface area contributed by atoms with E-state index in [1.807, 2.05) is 0 Å². The number of halogens is 3. The Balaban J connectivity index is 3.71. The minimum Gasteiger partial charge on any atom is -0.384 e. The van der Waals surface area contributed by atoms with E-state index in [2.05, 4.69) is 4.98 Å². The third-order valence-corrected chi connectivity index (χ3v) is 1.05. The number of pyridine rings is 1. The molecule has 0 saturated heterocycles. The molecule has 1 rings (SSSR count). The molecule has 5 heteroatoms. The van der Waals surface area contributed by atoms with E-state index in [0.717, 1.165) is 0 Å². The van der Waals surface area contributed by atoms with Gasteiger partial charge in [0.1, 0.15) is 11.5 Å². The Hall–Kier alpha value is -1.26. The fourth-order valence-electron chi connectivity index (χ4n) is 0.595. The molecule has 0 aliphatic heterocycles. The lowest BCUT2D eigenvalue weighted by Gasteiger charge is -2.08. The van der Waals surface area contributed by atoms with Gasteiger partial charge in [0.05, 0.1) is 2.74 Å². The zero-order valence-corrected chi connectivity index (χ0v) is 5.66. The van der Waals surface area contributed by atoms with Crippen LogP contribution >= 0.6 is 0 Å². The van der Waals surface area contributed by atoms with E-state index in [-0.39, 0.29) is 0 Å². The molecule has 0 fully saturated rings. The Bertz CT molecular complexity index is 454. The van der Waals surface area contributed by atoms with Gasteiger partial charge in [-0.15, -0.1) is 0 Å². The van der Waals surface area contributed by atoms with E-state index in [1.165, 1.54) is 0 Å². The number of hydrogen-bond donors (Lipinski definition) is 1. The number of nitrogens with two attached hydrogens (primary N) is 1. The Morgan fingerprint density at radius 2 is 2.25 bits per heavy atom. The Morgan fingerprint density at radius 1 is 1.58 bits per heavy atom. The lowest BCUT2D eigenvalue weighted by molar-refractivity contribution is -0.141. The molecule has 66 valence electrons. The van der Waals surface area contributed by atoms with Gasteiger partial charge in [-0.1, -0.05) is 6.04 Å². The van der Waals surface area contributed by atoms with E-state index in [1.54, 1.807) is 0 Å². The van der Waals surface area contributed by atoms with Crippen molar-refractivity contribution in [2.24, 2.45) is 0 Å². The highest BCUT2D eigenvalue weighted by Gasteiger charge is 2.34. The number of nitrogens with zero attached hydrogens (tertiary/aromatic N) is 1. The molecule has 0 atom stereocenters. The van der Waals surface area contributed by atoms with Crippen molar-refractivity contribution in [3.05, 3.63) is 23.3 Å². The van der Waals surface area contributed by atoms with Gasteiger partial charge in [-0.3, -0.25) is 0 Å². The molecule has 0 aliphatic rings. The summed E-state index contributed by atoms with van der Waals surface area (Å²) >= 11 is 0. The molecule has 12 heavy (non-hydrogen) atoms. The molecular formula is C7H7F3N2. The topological polar surface area (TPSA) is 38.9 Å². The number of hydrogen-bond acceptors (Lipinski definition) is 2. The van der Waals surface area contributed by atoms with E-state index in [9.17, 15) is 13.2 Å². The average molecular weight is 181 g/mol. The lowest BCUT2D eigenvalue weighted by Crippen LogP contribution is -2.11. The van der Waals surface area contributed by atoms with Crippen LogP contribution in [-0.2, 0) is 6.18 Å². The summed E-state index contributed by atoms with van der Waals surface area (Å²) in [4.78, 5) is 2.86. The van der Waals surface area contributed by atoms with Crippen molar-refractivity contribution in [2.75, 3.05) is 5.73 Å². The third-order valence-electron chi connectivity index (χ3n) is 1.05. The first-order valence-electron chi connectivity index (χ1n) is 5.30. The van der Waals surface area contributed by atoms with Crippen molar-refractivity contribution in [3.63, 3.8) is 0 Å². The molecule has 1 heterocycles. The molecule has 0 radical (unpaired) electrons. The van der Waals surface area contributed by atoms with Crippen LogP contribution in [0.3, 0.4) is 0 Å². The number of nitrogen functional groups attached to an aromatic ring is 1. The van der Waals surface area contributed by atoms with Crippen LogP contribution in [0.15, 0.2) is 12.1 Å². The van der Waals surface area contributed by atoms with E-state index >= 15 is 0 Å². The van der Waals surface area contributed by atoms with Crippen molar-refractivity contribution < 1.29 is 20.0 Å². The molecule has 0 unspecified atom stereocenters. The summed E-state index contributed by atoms with van der Waals surface area (Å²) in [5.74, 6) is -0.824. The van der Waals surface area contributed by atoms with Gasteiger partial charge in [0.25, 0.3) is 0 Å². The van der Waals surface area contributed by atoms with Crippen molar-refractivity contribution in [2.45, 2.75) is 13.0 Å². The van der Waals surface area contributed by atoms with E-state index < -0.39 is 42.2 Å². The van der Waals surface area contributed by atoms with Crippen LogP contribution < -0.4 is 5.73 Å². The summed E-state index contributed by atoms with van der Waals surface area (Å²) in [6.07, 6.45) is -5.04. The van der Waals surface area contributed by atoms with Crippen LogP contribution in [0.25, 0.3) is 0 Å². The predicted molar refractivity (Wildman–Crippen MR) is 38.4 cm³/mol. The van der Waals surface area contributed by atoms with Gasteiger partial charge in [-0.25, -0.2) is 4.98 Å². The average Bonchev–Trinajstić information content (AvgIpc) is 2.09. The molecule has 0 amide bonds. The molecule has 0 bridgehead atoms. The van der Waals surface area contributed by atoms with Gasteiger partial charge in [0.2, 0.25) is 0 Å². The highest BCUT2D eigenvalue weighted by atomic mass is 19.4. The highest BCUT2D eigenvalue weighted by Crippen LogP contribution is 2.30. The van der Waals surface area contributed by atoms with Crippen LogP contribution in [0.1, 0.15) is 18.1 Å². The van der Waals surface area contributed by atoms with Crippen molar-refractivity contribution in [1.29, 1.82) is 0 Å². The molecule has 0 saturated carbocycles. The van der Waals surface area contributed by atoms with Gasteiger partial charge >= 0.3 is 6.18 Å². The maximum Gasteiger partial charge on any atom is 0.433 e. The Kier molecular flexibility index (Phi) is 0.910. The van der Waals surface area contributed by atoms with E-state index in [4.69, 9.17) is 12.6 Å². The summed E-state index contributed by atoms with van der Waals surface area (Å²) in [7, 11) is 0. The largest absolute Gasteiger partial charge is 0.433 e. The minimum absolute atomic E-state index is 0.824. The Labute approximate surface area is 74.2 Å². The van der Waals surface area contributed by atoms with Gasteiger partial charge in [0.15, 0.2) is 0 Å². The summed E-state index contributed by atoms with van der Waals surface area (Å²) < 4.78 is 72.9. The molecule has 0 aromatic carbocycles. The van der Waals surface area contributed by atoms with Gasteiger partial charge in [-0.05, 0) is 18.5 Å². The zero-order valence-electron chi connectivity index (χ0n) is 10.7. The second-order valence-corrected chi connectivity index (χ2v) is 1.97. The quantitative estimate of drug-likeness (QED) is 0.664. The molecule has 2 nitrogen and oxygen atoms in total. The summed E-state index contributed by atoms with van der Waals surface area (Å²) in [6.45, 7) is -3.18. The van der Waals surface area contributed by atoms with Crippen LogP contribution in [0.4, 0.5) is 19.0 Å². The second-order valence-electron chi connectivity index (χ2n) is 1.97. The standard InChI is InChI=1S/C7H7F3N2/c1-4-2-3-5(11)12-6(4)7(8,9)10/h2-3H,1H3,(H2,11,12)/i1D3,2D,3D. The number of anilines is 1. The number of aromatic nitrogens is 1. The van der Waals surface area contributed by atoms with Gasteiger partial charge in [0, 0.05) is 4.11 Å². The summed E-state index contributed by atoms with van der Waals surface area (Å²) in [6, 6.07) is -1.91. The fraction of sp³-hybridized carbons (Fsp3) is 0.286. The first-order chi connectivity index (χ1) is 7.46.